The molecule has 134 valence electrons. The number of aliphatic carboxylic acids is 1. The predicted octanol–water partition coefficient (Wildman–Crippen LogP) is 3.71. The number of methoxy groups -OCH3 is 1. The summed E-state index contributed by atoms with van der Waals surface area (Å²) in [5, 5.41) is 9.53. The van der Waals surface area contributed by atoms with Crippen LogP contribution in [0.15, 0.2) is 57.9 Å². The minimum atomic E-state index is -1.40. The molecule has 2 aromatic carbocycles. The molecule has 6 nitrogen and oxygen atoms in total. The average molecular weight is 354 g/mol. The number of carboxylic acids is 1. The van der Waals surface area contributed by atoms with E-state index in [0.29, 0.717) is 33.6 Å². The molecule has 26 heavy (non-hydrogen) atoms. The van der Waals surface area contributed by atoms with E-state index in [4.69, 9.17) is 19.0 Å². The number of fused-ring (bicyclic) bond motifs is 1. The van der Waals surface area contributed by atoms with Crippen LogP contribution in [0.25, 0.3) is 22.1 Å². The number of ether oxygens (including phenoxy) is 2. The summed E-state index contributed by atoms with van der Waals surface area (Å²) in [5.41, 5.74) is -0.273. The smallest absolute Gasteiger partial charge is 0.347 e. The molecule has 1 N–H and O–H groups in total. The van der Waals surface area contributed by atoms with Crippen LogP contribution >= 0.6 is 0 Å². The first-order valence-electron chi connectivity index (χ1n) is 7.95. The Morgan fingerprint density at radius 2 is 1.85 bits per heavy atom. The van der Waals surface area contributed by atoms with Crippen LogP contribution in [0.4, 0.5) is 0 Å². The van der Waals surface area contributed by atoms with E-state index in [1.54, 1.807) is 24.3 Å². The summed E-state index contributed by atoms with van der Waals surface area (Å²) in [6.45, 7) is 2.89. The van der Waals surface area contributed by atoms with Crippen molar-refractivity contribution in [3.8, 4) is 22.6 Å². The first-order valence-corrected chi connectivity index (χ1v) is 7.95. The number of hydrogen-bond donors (Lipinski definition) is 1. The summed E-state index contributed by atoms with van der Waals surface area (Å²) in [6.07, 6.45) is 1.37. The lowest BCUT2D eigenvalue weighted by atomic mass is 10.0. The highest BCUT2D eigenvalue weighted by atomic mass is 16.5. The van der Waals surface area contributed by atoms with E-state index in [-0.39, 0.29) is 5.43 Å². The van der Waals surface area contributed by atoms with E-state index in [1.807, 2.05) is 12.1 Å². The number of benzene rings is 2. The van der Waals surface area contributed by atoms with Crippen LogP contribution in [0.3, 0.4) is 0 Å². The molecule has 0 amide bonds. The van der Waals surface area contributed by atoms with Crippen molar-refractivity contribution in [1.82, 2.24) is 0 Å². The van der Waals surface area contributed by atoms with E-state index in [9.17, 15) is 9.59 Å². The Labute approximate surface area is 149 Å². The molecule has 0 unspecified atom stereocenters. The first-order chi connectivity index (χ1) is 12.3. The predicted molar refractivity (Wildman–Crippen MR) is 96.8 cm³/mol. The van der Waals surface area contributed by atoms with Gasteiger partial charge in [0.25, 0.3) is 0 Å². The summed E-state index contributed by atoms with van der Waals surface area (Å²) in [5.74, 6) is -0.217. The second-order valence-corrected chi connectivity index (χ2v) is 6.25. The molecule has 1 heterocycles. The highest BCUT2D eigenvalue weighted by Crippen LogP contribution is 2.30. The van der Waals surface area contributed by atoms with Crippen molar-refractivity contribution in [2.45, 2.75) is 19.4 Å². The molecule has 6 heteroatoms. The second kappa shape index (κ2) is 6.55. The molecular formula is C20H18O6. The van der Waals surface area contributed by atoms with Gasteiger partial charge < -0.3 is 19.0 Å². The zero-order valence-corrected chi connectivity index (χ0v) is 14.6. The molecule has 0 aliphatic heterocycles. The van der Waals surface area contributed by atoms with Gasteiger partial charge in [0.05, 0.1) is 18.1 Å². The molecule has 0 spiro atoms. The van der Waals surface area contributed by atoms with E-state index >= 15 is 0 Å². The van der Waals surface area contributed by atoms with Gasteiger partial charge in [0.15, 0.2) is 5.60 Å². The van der Waals surface area contributed by atoms with Crippen molar-refractivity contribution >= 4 is 16.9 Å². The number of carboxylic acid groups (broad SMARTS) is 1. The monoisotopic (exact) mass is 354 g/mol. The molecule has 0 aliphatic carbocycles. The molecule has 3 rings (SSSR count). The summed E-state index contributed by atoms with van der Waals surface area (Å²) in [6, 6.07) is 11.8. The van der Waals surface area contributed by atoms with Crippen molar-refractivity contribution in [1.29, 1.82) is 0 Å². The largest absolute Gasteiger partial charge is 0.496 e. The number of para-hydroxylation sites is 1. The van der Waals surface area contributed by atoms with Crippen LogP contribution in [-0.4, -0.2) is 23.8 Å². The van der Waals surface area contributed by atoms with Crippen molar-refractivity contribution in [2.75, 3.05) is 7.11 Å². The molecule has 0 bridgehead atoms. The summed E-state index contributed by atoms with van der Waals surface area (Å²) in [7, 11) is 1.54. The molecule has 1 aromatic heterocycles. The van der Waals surface area contributed by atoms with Gasteiger partial charge in [-0.25, -0.2) is 4.79 Å². The average Bonchev–Trinajstić information content (AvgIpc) is 2.61. The van der Waals surface area contributed by atoms with Crippen molar-refractivity contribution < 1.29 is 23.8 Å². The molecule has 0 radical (unpaired) electrons. The van der Waals surface area contributed by atoms with Crippen LogP contribution in [0.5, 0.6) is 11.5 Å². The number of hydrogen-bond acceptors (Lipinski definition) is 5. The van der Waals surface area contributed by atoms with Gasteiger partial charge in [-0.3, -0.25) is 4.79 Å². The van der Waals surface area contributed by atoms with E-state index in [0.717, 1.165) is 0 Å². The zero-order chi connectivity index (χ0) is 18.9. The Kier molecular flexibility index (Phi) is 4.42. The highest BCUT2D eigenvalue weighted by molar-refractivity contribution is 5.84. The Morgan fingerprint density at radius 3 is 2.54 bits per heavy atom. The maximum absolute atomic E-state index is 12.9. The third kappa shape index (κ3) is 3.13. The van der Waals surface area contributed by atoms with Gasteiger partial charge in [-0.2, -0.15) is 0 Å². The van der Waals surface area contributed by atoms with Crippen LogP contribution in [-0.2, 0) is 4.79 Å². The van der Waals surface area contributed by atoms with Crippen molar-refractivity contribution in [2.24, 2.45) is 0 Å². The minimum absolute atomic E-state index is 0.209. The third-order valence-corrected chi connectivity index (χ3v) is 4.03. The normalized spacial score (nSPS) is 11.3. The van der Waals surface area contributed by atoms with Gasteiger partial charge >= 0.3 is 5.97 Å². The van der Waals surface area contributed by atoms with E-state index in [2.05, 4.69) is 0 Å². The highest BCUT2D eigenvalue weighted by Gasteiger charge is 2.29. The Morgan fingerprint density at radius 1 is 1.12 bits per heavy atom. The summed E-state index contributed by atoms with van der Waals surface area (Å²) >= 11 is 0. The molecule has 0 saturated heterocycles. The molecule has 0 fully saturated rings. The van der Waals surface area contributed by atoms with Crippen LogP contribution < -0.4 is 14.9 Å². The van der Waals surface area contributed by atoms with E-state index < -0.39 is 11.6 Å². The standard InChI is InChI=1S/C20H18O6/c1-20(2,19(22)23)26-12-8-9-14-17(10-12)25-11-15(18(14)21)13-6-4-5-7-16(13)24-3/h4-11H,1-3H3,(H,22,23). The fraction of sp³-hybridized carbons (Fsp3) is 0.200. The fourth-order valence-electron chi connectivity index (χ4n) is 2.56. The van der Waals surface area contributed by atoms with Gasteiger partial charge in [-0.1, -0.05) is 18.2 Å². The minimum Gasteiger partial charge on any atom is -0.496 e. The van der Waals surface area contributed by atoms with Crippen molar-refractivity contribution in [3.05, 3.63) is 59.0 Å². The van der Waals surface area contributed by atoms with Gasteiger partial charge in [-0.05, 0) is 32.0 Å². The lowest BCUT2D eigenvalue weighted by Crippen LogP contribution is -2.37. The van der Waals surface area contributed by atoms with Crippen LogP contribution in [0, 0.1) is 0 Å². The number of carbonyl (C=O) groups is 1. The molecule has 0 aliphatic rings. The van der Waals surface area contributed by atoms with Gasteiger partial charge in [-0.15, -0.1) is 0 Å². The molecule has 0 atom stereocenters. The SMILES string of the molecule is COc1ccccc1-c1coc2cc(OC(C)(C)C(=O)O)ccc2c1=O. The Balaban J connectivity index is 2.08. The van der Waals surface area contributed by atoms with Crippen molar-refractivity contribution in [3.63, 3.8) is 0 Å². The maximum atomic E-state index is 12.9. The molecule has 0 saturated carbocycles. The Hall–Kier alpha value is -3.28. The van der Waals surface area contributed by atoms with E-state index in [1.165, 1.54) is 33.3 Å². The topological polar surface area (TPSA) is 86.0 Å². The van der Waals surface area contributed by atoms with Gasteiger partial charge in [0, 0.05) is 11.6 Å². The quantitative estimate of drug-likeness (QED) is 0.752. The summed E-state index contributed by atoms with van der Waals surface area (Å²) in [4.78, 5) is 24.0. The number of rotatable bonds is 5. The lowest BCUT2D eigenvalue weighted by molar-refractivity contribution is -0.152. The van der Waals surface area contributed by atoms with Crippen LogP contribution in [0.2, 0.25) is 0 Å². The van der Waals surface area contributed by atoms with Gasteiger partial charge in [0.1, 0.15) is 23.3 Å². The fourth-order valence-corrected chi connectivity index (χ4v) is 2.56. The summed E-state index contributed by atoms with van der Waals surface area (Å²) < 4.78 is 16.4. The first kappa shape index (κ1) is 17.5. The zero-order valence-electron chi connectivity index (χ0n) is 14.6. The Bertz CT molecular complexity index is 1030. The lowest BCUT2D eigenvalue weighted by Gasteiger charge is -2.21. The van der Waals surface area contributed by atoms with Gasteiger partial charge in [0.2, 0.25) is 5.43 Å². The third-order valence-electron chi connectivity index (χ3n) is 4.03. The molecule has 3 aromatic rings. The maximum Gasteiger partial charge on any atom is 0.347 e. The van der Waals surface area contributed by atoms with Crippen LogP contribution in [0.1, 0.15) is 13.8 Å². The second-order valence-electron chi connectivity index (χ2n) is 6.25. The molecular weight excluding hydrogens is 336 g/mol.